The molecular formula is C9H15O3Si. The number of ether oxygens (including phenoxy) is 1. The SMILES string of the molecule is C[SiH]([O])CCCOCc1ccco1. The van der Waals surface area contributed by atoms with Gasteiger partial charge in [0.2, 0.25) is 9.04 Å². The molecule has 4 heteroatoms. The topological polar surface area (TPSA) is 42.3 Å². The zero-order chi connectivity index (χ0) is 9.52. The highest BCUT2D eigenvalue weighted by Gasteiger charge is 2.00. The van der Waals surface area contributed by atoms with Gasteiger partial charge in [-0.15, -0.1) is 0 Å². The fraction of sp³-hybridized carbons (Fsp3) is 0.556. The minimum absolute atomic E-state index is 0.516. The number of hydrogen-bond donors (Lipinski definition) is 0. The van der Waals surface area contributed by atoms with Gasteiger partial charge < -0.3 is 13.9 Å². The Morgan fingerprint density at radius 3 is 3.08 bits per heavy atom. The van der Waals surface area contributed by atoms with Gasteiger partial charge in [0.25, 0.3) is 0 Å². The Morgan fingerprint density at radius 2 is 2.46 bits per heavy atom. The molecule has 1 radical (unpaired) electrons. The normalized spacial score (nSPS) is 13.1. The van der Waals surface area contributed by atoms with Crippen molar-refractivity contribution in [3.63, 3.8) is 0 Å². The zero-order valence-corrected chi connectivity index (χ0v) is 9.02. The summed E-state index contributed by atoms with van der Waals surface area (Å²) in [4.78, 5) is 10.8. The van der Waals surface area contributed by atoms with E-state index in [1.807, 2.05) is 18.7 Å². The molecule has 0 bridgehead atoms. The molecule has 0 N–H and O–H groups in total. The quantitative estimate of drug-likeness (QED) is 0.519. The predicted octanol–water partition coefficient (Wildman–Crippen LogP) is 1.97. The van der Waals surface area contributed by atoms with Gasteiger partial charge in [0.1, 0.15) is 12.4 Å². The van der Waals surface area contributed by atoms with E-state index in [0.29, 0.717) is 13.2 Å². The lowest BCUT2D eigenvalue weighted by molar-refractivity contribution is 0.106. The van der Waals surface area contributed by atoms with Crippen LogP contribution in [-0.4, -0.2) is 15.6 Å². The molecule has 0 aromatic carbocycles. The summed E-state index contributed by atoms with van der Waals surface area (Å²) in [5.74, 6) is 0.840. The molecule has 1 aromatic heterocycles. The molecule has 1 atom stereocenters. The molecule has 0 spiro atoms. The van der Waals surface area contributed by atoms with Crippen molar-refractivity contribution in [2.45, 2.75) is 25.6 Å². The highest BCUT2D eigenvalue weighted by atomic mass is 28.3. The summed E-state index contributed by atoms with van der Waals surface area (Å²) in [6, 6.07) is 4.54. The van der Waals surface area contributed by atoms with Gasteiger partial charge in [-0.3, -0.25) is 0 Å². The lowest BCUT2D eigenvalue weighted by Gasteiger charge is -2.01. The largest absolute Gasteiger partial charge is 0.467 e. The van der Waals surface area contributed by atoms with Crippen LogP contribution in [0.15, 0.2) is 22.8 Å². The summed E-state index contributed by atoms with van der Waals surface area (Å²) >= 11 is 0. The van der Waals surface area contributed by atoms with E-state index in [2.05, 4.69) is 0 Å². The molecular weight excluding hydrogens is 184 g/mol. The van der Waals surface area contributed by atoms with Gasteiger partial charge in [0, 0.05) is 6.61 Å². The van der Waals surface area contributed by atoms with Gasteiger partial charge in [-0.1, -0.05) is 0 Å². The summed E-state index contributed by atoms with van der Waals surface area (Å²) in [5, 5.41) is 0. The molecule has 0 saturated heterocycles. The van der Waals surface area contributed by atoms with Crippen LogP contribution in [0.4, 0.5) is 0 Å². The Bertz CT molecular complexity index is 209. The Morgan fingerprint density at radius 1 is 1.62 bits per heavy atom. The first-order valence-corrected chi connectivity index (χ1v) is 6.99. The van der Waals surface area contributed by atoms with E-state index < -0.39 is 9.04 Å². The van der Waals surface area contributed by atoms with Crippen LogP contribution in [0.2, 0.25) is 12.6 Å². The molecule has 73 valence electrons. The molecule has 1 heterocycles. The van der Waals surface area contributed by atoms with Gasteiger partial charge in [-0.05, 0) is 31.1 Å². The molecule has 0 fully saturated rings. The third kappa shape index (κ3) is 4.87. The second-order valence-electron chi connectivity index (χ2n) is 3.08. The third-order valence-corrected chi connectivity index (χ3v) is 2.95. The van der Waals surface area contributed by atoms with Crippen LogP contribution in [-0.2, 0) is 16.1 Å². The first-order valence-electron chi connectivity index (χ1n) is 4.55. The Labute approximate surface area is 80.1 Å². The third-order valence-electron chi connectivity index (χ3n) is 1.72. The van der Waals surface area contributed by atoms with Crippen molar-refractivity contribution in [3.05, 3.63) is 24.2 Å². The molecule has 1 rings (SSSR count). The maximum absolute atomic E-state index is 10.8. The van der Waals surface area contributed by atoms with Gasteiger partial charge in [-0.25, -0.2) is 0 Å². The first kappa shape index (κ1) is 10.5. The Hall–Kier alpha value is -0.583. The molecule has 0 aliphatic rings. The Kier molecular flexibility index (Phi) is 4.81. The lowest BCUT2D eigenvalue weighted by Crippen LogP contribution is -2.04. The zero-order valence-electron chi connectivity index (χ0n) is 7.86. The summed E-state index contributed by atoms with van der Waals surface area (Å²) in [5.41, 5.74) is 0. The van der Waals surface area contributed by atoms with E-state index in [1.54, 1.807) is 6.26 Å². The lowest BCUT2D eigenvalue weighted by atomic mass is 10.5. The van der Waals surface area contributed by atoms with E-state index >= 15 is 0 Å². The molecule has 0 aliphatic heterocycles. The summed E-state index contributed by atoms with van der Waals surface area (Å²) in [7, 11) is -1.63. The molecule has 0 saturated carbocycles. The van der Waals surface area contributed by atoms with Gasteiger partial charge in [0.05, 0.1) is 6.26 Å². The second kappa shape index (κ2) is 5.96. The second-order valence-corrected chi connectivity index (χ2v) is 5.28. The van der Waals surface area contributed by atoms with Crippen LogP contribution in [0.25, 0.3) is 0 Å². The monoisotopic (exact) mass is 199 g/mol. The van der Waals surface area contributed by atoms with Crippen molar-refractivity contribution >= 4 is 9.04 Å². The highest BCUT2D eigenvalue weighted by Crippen LogP contribution is 2.03. The van der Waals surface area contributed by atoms with E-state index in [9.17, 15) is 4.80 Å². The van der Waals surface area contributed by atoms with Crippen LogP contribution < -0.4 is 0 Å². The van der Waals surface area contributed by atoms with Gasteiger partial charge >= 0.3 is 0 Å². The van der Waals surface area contributed by atoms with Gasteiger partial charge in [0.15, 0.2) is 0 Å². The first-order chi connectivity index (χ1) is 6.29. The van der Waals surface area contributed by atoms with Crippen molar-refractivity contribution < 1.29 is 13.9 Å². The molecule has 0 amide bonds. The highest BCUT2D eigenvalue weighted by molar-refractivity contribution is 6.48. The summed E-state index contributed by atoms with van der Waals surface area (Å²) in [6.45, 7) is 2.99. The van der Waals surface area contributed by atoms with Crippen LogP contribution in [0.1, 0.15) is 12.2 Å². The van der Waals surface area contributed by atoms with Crippen molar-refractivity contribution in [2.75, 3.05) is 6.61 Å². The van der Waals surface area contributed by atoms with E-state index in [4.69, 9.17) is 9.15 Å². The predicted molar refractivity (Wildman–Crippen MR) is 51.5 cm³/mol. The molecule has 1 unspecified atom stereocenters. The summed E-state index contributed by atoms with van der Waals surface area (Å²) < 4.78 is 10.4. The minimum Gasteiger partial charge on any atom is -0.467 e. The van der Waals surface area contributed by atoms with Crippen LogP contribution in [0.5, 0.6) is 0 Å². The number of hydrogen-bond acceptors (Lipinski definition) is 2. The summed E-state index contributed by atoms with van der Waals surface area (Å²) in [6.07, 6.45) is 2.52. The van der Waals surface area contributed by atoms with Crippen LogP contribution >= 0.6 is 0 Å². The van der Waals surface area contributed by atoms with Gasteiger partial charge in [-0.2, -0.15) is 0 Å². The number of furan rings is 1. The molecule has 0 aliphatic carbocycles. The number of rotatable bonds is 6. The fourth-order valence-electron chi connectivity index (χ4n) is 1.04. The van der Waals surface area contributed by atoms with E-state index in [-0.39, 0.29) is 0 Å². The van der Waals surface area contributed by atoms with Crippen LogP contribution in [0, 0.1) is 0 Å². The average Bonchev–Trinajstić information content (AvgIpc) is 2.55. The molecule has 3 nitrogen and oxygen atoms in total. The maximum Gasteiger partial charge on any atom is 0.219 e. The average molecular weight is 199 g/mol. The van der Waals surface area contributed by atoms with E-state index in [0.717, 1.165) is 18.2 Å². The Balaban J connectivity index is 1.96. The smallest absolute Gasteiger partial charge is 0.219 e. The standard InChI is InChI=1S/C9H15O3Si/c1-13(10)7-3-5-11-8-9-4-2-6-12-9/h2,4,6,13H,3,5,7-8H2,1H3. The van der Waals surface area contributed by atoms with Crippen molar-refractivity contribution in [3.8, 4) is 0 Å². The maximum atomic E-state index is 10.8. The van der Waals surface area contributed by atoms with Crippen molar-refractivity contribution in [2.24, 2.45) is 0 Å². The molecule has 13 heavy (non-hydrogen) atoms. The van der Waals surface area contributed by atoms with Crippen LogP contribution in [0.3, 0.4) is 0 Å². The fourth-order valence-corrected chi connectivity index (χ4v) is 1.78. The minimum atomic E-state index is -1.63. The molecule has 1 aromatic rings. The van der Waals surface area contributed by atoms with E-state index in [1.165, 1.54) is 0 Å². The van der Waals surface area contributed by atoms with Crippen molar-refractivity contribution in [1.29, 1.82) is 0 Å². The van der Waals surface area contributed by atoms with Crippen molar-refractivity contribution in [1.82, 2.24) is 0 Å².